The predicted octanol–water partition coefficient (Wildman–Crippen LogP) is 11.3. The first-order valence-corrected chi connectivity index (χ1v) is 60.5. The number of nitrogens with one attached hydrogen (secondary N) is 1. The lowest BCUT2D eigenvalue weighted by molar-refractivity contribution is -0.116. The van der Waals surface area contributed by atoms with Crippen LogP contribution in [0.4, 0.5) is 0 Å². The van der Waals surface area contributed by atoms with Gasteiger partial charge in [0.2, 0.25) is 5.91 Å². The van der Waals surface area contributed by atoms with Crippen LogP contribution in [-0.2, 0) is 55.1 Å². The van der Waals surface area contributed by atoms with Crippen molar-refractivity contribution < 1.29 is 55.1 Å². The molecule has 0 aliphatic heterocycles. The summed E-state index contributed by atoms with van der Waals surface area (Å²) in [6.45, 7) is 56.6. The van der Waals surface area contributed by atoms with Crippen LogP contribution >= 0.6 is 0 Å². The molecule has 0 saturated heterocycles. The quantitative estimate of drug-likeness (QED) is 0.0493. The predicted molar refractivity (Wildman–Crippen MR) is 298 cm³/mol. The zero-order valence-electron chi connectivity index (χ0n) is 46.0. The molecule has 0 bridgehead atoms. The van der Waals surface area contributed by atoms with E-state index in [2.05, 4.69) is 169 Å². The van der Waals surface area contributed by atoms with E-state index in [1.54, 1.807) is 21.3 Å². The van der Waals surface area contributed by atoms with E-state index in [-0.39, 0.29) is 12.5 Å². The summed E-state index contributed by atoms with van der Waals surface area (Å²) >= 11 is 0. The van der Waals surface area contributed by atoms with Crippen LogP contribution in [0, 0.1) is 0 Å². The minimum Gasteiger partial charge on any atom is -0.417 e. The Morgan fingerprint density at radius 1 is 0.375 bits per heavy atom. The van der Waals surface area contributed by atoms with Gasteiger partial charge >= 0.3 is 35.2 Å². The minimum absolute atomic E-state index is 0.268. The summed E-state index contributed by atoms with van der Waals surface area (Å²) in [6.07, 6.45) is 1.29. The van der Waals surface area contributed by atoms with Crippen molar-refractivity contribution in [1.82, 2.24) is 5.32 Å². The fraction of sp³-hybridized carbons (Fsp3) is 0.919. The molecule has 0 atom stereocenters. The summed E-state index contributed by atoms with van der Waals surface area (Å²) < 4.78 is 84.0. The normalized spacial score (nSPS) is 15.2. The van der Waals surface area contributed by atoms with Gasteiger partial charge in [-0.15, -0.1) is 0 Å². The van der Waals surface area contributed by atoms with Gasteiger partial charge in [0.15, 0.2) is 74.9 Å². The Hall–Kier alpha value is 1.55. The second-order valence-electron chi connectivity index (χ2n) is 24.6. The Kier molecular flexibility index (Phi) is 24.9. The Bertz CT molecular complexity index is 1340. The van der Waals surface area contributed by atoms with Gasteiger partial charge < -0.3 is 55.6 Å². The van der Waals surface area contributed by atoms with E-state index in [4.69, 9.17) is 50.3 Å². The highest BCUT2D eigenvalue weighted by Crippen LogP contribution is 2.39. The summed E-state index contributed by atoms with van der Waals surface area (Å²) in [7, 11) is -29.2. The van der Waals surface area contributed by atoms with E-state index in [1.165, 1.54) is 6.08 Å². The van der Waals surface area contributed by atoms with E-state index in [9.17, 15) is 4.79 Å². The van der Waals surface area contributed by atoms with E-state index in [0.717, 1.165) is 0 Å². The number of hydrogen-bond donors (Lipinski definition) is 1. The number of carbonyl (C=O) groups excluding carboxylic acids is 1. The molecule has 0 unspecified atom stereocenters. The van der Waals surface area contributed by atoms with Crippen molar-refractivity contribution in [1.29, 1.82) is 0 Å². The Balaban J connectivity index is 7.96. The van der Waals surface area contributed by atoms with Crippen molar-refractivity contribution in [3.63, 3.8) is 0 Å². The molecule has 14 nitrogen and oxygen atoms in total. The molecular formula is C37H99NO13Si13. The first kappa shape index (κ1) is 65.5. The first-order chi connectivity index (χ1) is 28.1. The molecule has 382 valence electrons. The van der Waals surface area contributed by atoms with Crippen LogP contribution in [-0.4, -0.2) is 144 Å². The van der Waals surface area contributed by atoms with Crippen LogP contribution in [0.25, 0.3) is 0 Å². The smallest absolute Gasteiger partial charge is 0.417 e. The number of hydrogen-bond acceptors (Lipinski definition) is 13. The van der Waals surface area contributed by atoms with Gasteiger partial charge in [0.25, 0.3) is 0 Å². The molecule has 27 heteroatoms. The van der Waals surface area contributed by atoms with Crippen molar-refractivity contribution in [2.24, 2.45) is 0 Å². The van der Waals surface area contributed by atoms with Gasteiger partial charge in [-0.3, -0.25) is 4.79 Å². The molecule has 64 heavy (non-hydrogen) atoms. The van der Waals surface area contributed by atoms with Gasteiger partial charge in [0, 0.05) is 51.7 Å². The van der Waals surface area contributed by atoms with Crippen molar-refractivity contribution >= 4 is 116 Å². The van der Waals surface area contributed by atoms with Gasteiger partial charge in [0.05, 0.1) is 0 Å². The van der Waals surface area contributed by atoms with Crippen LogP contribution in [0.15, 0.2) is 12.7 Å². The molecule has 0 radical (unpaired) electrons. The zero-order valence-corrected chi connectivity index (χ0v) is 59.0. The van der Waals surface area contributed by atoms with Crippen LogP contribution in [0.5, 0.6) is 0 Å². The molecule has 0 aliphatic rings. The molecule has 1 N–H and O–H groups in total. The van der Waals surface area contributed by atoms with Gasteiger partial charge in [-0.05, 0) is 175 Å². The molecule has 0 aromatic heterocycles. The molecule has 0 heterocycles. The molecule has 0 spiro atoms. The van der Waals surface area contributed by atoms with E-state index < -0.39 is 110 Å². The molecular weight excluding hydrogens is 1030 g/mol. The van der Waals surface area contributed by atoms with Crippen molar-refractivity contribution in [2.45, 2.75) is 193 Å². The van der Waals surface area contributed by atoms with Crippen LogP contribution < -0.4 is 5.32 Å². The lowest BCUT2D eigenvalue weighted by Crippen LogP contribution is -2.66. The fourth-order valence-corrected chi connectivity index (χ4v) is 64.2. The van der Waals surface area contributed by atoms with Crippen molar-refractivity contribution in [3.8, 4) is 0 Å². The molecule has 1 amide bonds. The maximum atomic E-state index is 12.8. The maximum Gasteiger partial charge on any atom is 0.479 e. The van der Waals surface area contributed by atoms with Gasteiger partial charge in [-0.2, -0.15) is 0 Å². The number of rotatable bonds is 33. The second-order valence-corrected chi connectivity index (χ2v) is 78.5. The third-order valence-corrected chi connectivity index (χ3v) is 54.6. The van der Waals surface area contributed by atoms with Gasteiger partial charge in [-0.25, -0.2) is 0 Å². The number of carbonyl (C=O) groups is 1. The van der Waals surface area contributed by atoms with Gasteiger partial charge in [0.1, 0.15) is 0 Å². The second kappa shape index (κ2) is 24.3. The molecule has 0 saturated carbocycles. The third kappa shape index (κ3) is 28.4. The lowest BCUT2D eigenvalue weighted by atomic mass is 10.6. The largest absolute Gasteiger partial charge is 0.479 e. The summed E-state index contributed by atoms with van der Waals surface area (Å²) in [5.74, 6) is -0.268. The number of amides is 1. The lowest BCUT2D eigenvalue weighted by Gasteiger charge is -2.48. The highest BCUT2D eigenvalue weighted by molar-refractivity contribution is 6.97. The third-order valence-electron chi connectivity index (χ3n) is 8.62. The SMILES string of the molecule is C=CC(=O)NCC[Si](O[Si](C)(C)CC[Si](OC)(O[Si](C)(C)C)O[Si](C)(C)C)(O[Si](C)(C)CC[Si](OC)(O[Si](C)(C)C)O[Si](C)(C)C)O[Si](C)(C)C[Si](OC)(O[Si](C)(C)C)O[Si](C)(C)C. The minimum atomic E-state index is -3.78. The molecule has 0 aromatic rings. The van der Waals surface area contributed by atoms with E-state index >= 15 is 0 Å². The topological polar surface area (TPSA) is 140 Å². The monoisotopic (exact) mass is 1130 g/mol. The van der Waals surface area contributed by atoms with Crippen molar-refractivity contribution in [2.75, 3.05) is 27.9 Å². The highest BCUT2D eigenvalue weighted by Gasteiger charge is 2.59. The molecule has 0 aliphatic carbocycles. The first-order valence-electron chi connectivity index (χ1n) is 23.0. The Labute approximate surface area is 407 Å². The van der Waals surface area contributed by atoms with Crippen LogP contribution in [0.1, 0.15) is 0 Å². The summed E-state index contributed by atoms with van der Waals surface area (Å²) in [5.41, 5.74) is 0.511. The Morgan fingerprint density at radius 2 is 0.641 bits per heavy atom. The van der Waals surface area contributed by atoms with Crippen LogP contribution in [0.3, 0.4) is 0 Å². The molecule has 0 rings (SSSR count). The van der Waals surface area contributed by atoms with Crippen molar-refractivity contribution in [3.05, 3.63) is 12.7 Å². The summed E-state index contributed by atoms with van der Waals surface area (Å²) in [6, 6.07) is 2.94. The maximum absolute atomic E-state index is 12.8. The van der Waals surface area contributed by atoms with Crippen LogP contribution in [0.2, 0.25) is 193 Å². The standard InChI is InChI=1S/C37H99NO13Si13/c1-29-37(39)38-30-31-63(51-60(27,28)36-64(42-4,47-56(17,18)19)48-57(20,21)22,49-58(23,24)32-34-61(40-2,43-52(5,6)7)44-53(8,9)10)50-59(25,26)33-35-62(41-3,45-54(11,12)13)46-55(14,15)16/h29H,1,30-36H2,2-28H3,(H,38,39). The highest BCUT2D eigenvalue weighted by atomic mass is 28.5. The van der Waals surface area contributed by atoms with Gasteiger partial charge in [-0.1, -0.05) is 6.58 Å². The zero-order chi connectivity index (χ0) is 50.9. The van der Waals surface area contributed by atoms with E-state index in [0.29, 0.717) is 35.9 Å². The molecule has 0 fully saturated rings. The van der Waals surface area contributed by atoms with E-state index in [1.807, 2.05) is 0 Å². The summed E-state index contributed by atoms with van der Waals surface area (Å²) in [5, 5.41) is 3.04. The average Bonchev–Trinajstić information content (AvgIpc) is 3.00. The Morgan fingerprint density at radius 3 is 0.891 bits per heavy atom. The summed E-state index contributed by atoms with van der Waals surface area (Å²) in [4.78, 5) is 12.8. The average molecular weight is 1130 g/mol. The fourth-order valence-electron chi connectivity index (χ4n) is 7.12. The molecule has 0 aromatic carbocycles.